The van der Waals surface area contributed by atoms with E-state index in [-0.39, 0.29) is 6.42 Å². The first kappa shape index (κ1) is 23.9. The van der Waals surface area contributed by atoms with Gasteiger partial charge in [0.2, 0.25) is 5.60 Å². The predicted octanol–water partition coefficient (Wildman–Crippen LogP) is 4.84. The Morgan fingerprint density at radius 2 is 1.28 bits per heavy atom. The summed E-state index contributed by atoms with van der Waals surface area (Å²) in [4.78, 5) is 22.8. The van der Waals surface area contributed by atoms with E-state index in [0.717, 1.165) is 12.8 Å². The normalized spacial score (nSPS) is 14.7. The average Bonchev–Trinajstić information content (AvgIpc) is 2.55. The monoisotopic (exact) mass is 358 g/mol. The third-order valence-corrected chi connectivity index (χ3v) is 4.63. The molecule has 2 unspecified atom stereocenters. The van der Waals surface area contributed by atoms with Crippen molar-refractivity contribution in [3.05, 3.63) is 0 Å². The Labute approximate surface area is 153 Å². The summed E-state index contributed by atoms with van der Waals surface area (Å²) < 4.78 is 4.97. The number of esters is 1. The molecule has 0 aromatic carbocycles. The van der Waals surface area contributed by atoms with Gasteiger partial charge in [0.1, 0.15) is 6.10 Å². The summed E-state index contributed by atoms with van der Waals surface area (Å²) in [5.41, 5.74) is -1.55. The minimum atomic E-state index is -1.55. The molecule has 0 aliphatic heterocycles. The zero-order valence-corrected chi connectivity index (χ0v) is 16.4. The zero-order chi connectivity index (χ0) is 19.1. The van der Waals surface area contributed by atoms with Crippen LogP contribution < -0.4 is 0 Å². The smallest absolute Gasteiger partial charge is 0.347 e. The number of carboxylic acids is 1. The van der Waals surface area contributed by atoms with Crippen molar-refractivity contribution in [2.45, 2.75) is 116 Å². The van der Waals surface area contributed by atoms with Crippen LogP contribution in [-0.2, 0) is 14.3 Å². The minimum absolute atomic E-state index is 0.276. The van der Waals surface area contributed by atoms with E-state index in [2.05, 4.69) is 6.92 Å². The maximum Gasteiger partial charge on any atom is 0.347 e. The van der Waals surface area contributed by atoms with Crippen LogP contribution in [0.15, 0.2) is 0 Å². The van der Waals surface area contributed by atoms with Crippen molar-refractivity contribution in [1.29, 1.82) is 0 Å². The van der Waals surface area contributed by atoms with Gasteiger partial charge in [-0.3, -0.25) is 0 Å². The predicted molar refractivity (Wildman–Crippen MR) is 99.5 cm³/mol. The molecule has 0 radical (unpaired) electrons. The number of carbonyl (C=O) groups is 2. The molecule has 25 heavy (non-hydrogen) atoms. The molecule has 2 N–H and O–H groups in total. The van der Waals surface area contributed by atoms with Gasteiger partial charge in [0.15, 0.2) is 0 Å². The Kier molecular flexibility index (Phi) is 13.5. The van der Waals surface area contributed by atoms with Crippen molar-refractivity contribution in [3.8, 4) is 0 Å². The fourth-order valence-electron chi connectivity index (χ4n) is 2.81. The van der Waals surface area contributed by atoms with Crippen LogP contribution in [0.1, 0.15) is 104 Å². The van der Waals surface area contributed by atoms with E-state index < -0.39 is 23.6 Å². The molecule has 0 bridgehead atoms. The first-order valence-electron chi connectivity index (χ1n) is 9.97. The van der Waals surface area contributed by atoms with Gasteiger partial charge in [-0.05, 0) is 26.7 Å². The zero-order valence-electron chi connectivity index (χ0n) is 16.4. The Balaban J connectivity index is 3.73. The Hall–Kier alpha value is -1.10. The quantitative estimate of drug-likeness (QED) is 0.304. The maximum atomic E-state index is 11.4. The molecule has 0 aliphatic rings. The number of aliphatic hydroxyl groups is 1. The highest BCUT2D eigenvalue weighted by atomic mass is 16.6. The Morgan fingerprint density at radius 3 is 1.64 bits per heavy atom. The summed E-state index contributed by atoms with van der Waals surface area (Å²) in [6, 6.07) is 0. The van der Waals surface area contributed by atoms with Crippen molar-refractivity contribution in [2.24, 2.45) is 0 Å². The van der Waals surface area contributed by atoms with Gasteiger partial charge in [-0.25, -0.2) is 9.59 Å². The second-order valence-electron chi connectivity index (χ2n) is 7.27. The maximum absolute atomic E-state index is 11.4. The number of unbranched alkanes of at least 4 members (excludes halogenated alkanes) is 11. The first-order chi connectivity index (χ1) is 11.8. The van der Waals surface area contributed by atoms with E-state index in [0.29, 0.717) is 6.42 Å². The first-order valence-corrected chi connectivity index (χ1v) is 9.97. The summed E-state index contributed by atoms with van der Waals surface area (Å²) >= 11 is 0. The summed E-state index contributed by atoms with van der Waals surface area (Å²) in [7, 11) is 0. The molecule has 5 nitrogen and oxygen atoms in total. The highest BCUT2D eigenvalue weighted by molar-refractivity contribution is 5.82. The molecule has 2 atom stereocenters. The largest absolute Gasteiger partial charge is 0.478 e. The summed E-state index contributed by atoms with van der Waals surface area (Å²) in [6.45, 7) is 4.90. The molecule has 0 aromatic heterocycles. The second-order valence-corrected chi connectivity index (χ2v) is 7.27. The number of carboxylic acid groups (broad SMARTS) is 1. The summed E-state index contributed by atoms with van der Waals surface area (Å²) in [5, 5.41) is 18.5. The van der Waals surface area contributed by atoms with E-state index in [1.807, 2.05) is 0 Å². The second kappa shape index (κ2) is 14.1. The standard InChI is InChI=1S/C20H38O5/c1-4-5-6-7-8-9-10-11-12-13-14-15-16-20(3,19(23)24)25-18(22)17(2)21/h17,21H,4-16H2,1-3H3,(H,23,24). The van der Waals surface area contributed by atoms with Gasteiger partial charge in [0, 0.05) is 0 Å². The van der Waals surface area contributed by atoms with Crippen LogP contribution in [0.3, 0.4) is 0 Å². The number of aliphatic hydroxyl groups excluding tert-OH is 1. The molecular weight excluding hydrogens is 320 g/mol. The van der Waals surface area contributed by atoms with Crippen molar-refractivity contribution < 1.29 is 24.5 Å². The van der Waals surface area contributed by atoms with Crippen LogP contribution in [0, 0.1) is 0 Å². The van der Waals surface area contributed by atoms with Crippen LogP contribution in [0.4, 0.5) is 0 Å². The van der Waals surface area contributed by atoms with Crippen molar-refractivity contribution in [3.63, 3.8) is 0 Å². The fraction of sp³-hybridized carbons (Fsp3) is 0.900. The fourth-order valence-corrected chi connectivity index (χ4v) is 2.81. The van der Waals surface area contributed by atoms with Crippen molar-refractivity contribution >= 4 is 11.9 Å². The molecule has 148 valence electrons. The van der Waals surface area contributed by atoms with E-state index in [9.17, 15) is 19.8 Å². The summed E-state index contributed by atoms with van der Waals surface area (Å²) in [6.07, 6.45) is 13.4. The topological polar surface area (TPSA) is 83.8 Å². The molecule has 0 saturated carbocycles. The Bertz CT molecular complexity index is 367. The van der Waals surface area contributed by atoms with Gasteiger partial charge in [-0.15, -0.1) is 0 Å². The van der Waals surface area contributed by atoms with E-state index in [1.165, 1.54) is 71.6 Å². The molecule has 0 amide bonds. The van der Waals surface area contributed by atoms with Crippen molar-refractivity contribution in [1.82, 2.24) is 0 Å². The lowest BCUT2D eigenvalue weighted by molar-refractivity contribution is -0.182. The van der Waals surface area contributed by atoms with E-state index in [4.69, 9.17) is 4.74 Å². The van der Waals surface area contributed by atoms with Gasteiger partial charge < -0.3 is 14.9 Å². The number of rotatable bonds is 16. The number of hydrogen-bond acceptors (Lipinski definition) is 4. The van der Waals surface area contributed by atoms with Gasteiger partial charge in [-0.1, -0.05) is 77.6 Å². The highest BCUT2D eigenvalue weighted by Crippen LogP contribution is 2.22. The Morgan fingerprint density at radius 1 is 0.880 bits per heavy atom. The van der Waals surface area contributed by atoms with Gasteiger partial charge in [0.25, 0.3) is 0 Å². The third-order valence-electron chi connectivity index (χ3n) is 4.63. The molecule has 0 rings (SSSR count). The van der Waals surface area contributed by atoms with Crippen LogP contribution >= 0.6 is 0 Å². The van der Waals surface area contributed by atoms with E-state index in [1.54, 1.807) is 0 Å². The minimum Gasteiger partial charge on any atom is -0.478 e. The highest BCUT2D eigenvalue weighted by Gasteiger charge is 2.37. The third kappa shape index (κ3) is 12.0. The molecule has 0 aliphatic carbocycles. The van der Waals surface area contributed by atoms with E-state index >= 15 is 0 Å². The molecule has 0 heterocycles. The van der Waals surface area contributed by atoms with Crippen LogP contribution in [-0.4, -0.2) is 33.9 Å². The lowest BCUT2D eigenvalue weighted by Gasteiger charge is -2.25. The van der Waals surface area contributed by atoms with Gasteiger partial charge in [0.05, 0.1) is 0 Å². The summed E-state index contributed by atoms with van der Waals surface area (Å²) in [5.74, 6) is -2.05. The van der Waals surface area contributed by atoms with Gasteiger partial charge >= 0.3 is 11.9 Å². The average molecular weight is 359 g/mol. The van der Waals surface area contributed by atoms with Crippen LogP contribution in [0.25, 0.3) is 0 Å². The number of aliphatic carboxylic acids is 1. The molecule has 0 spiro atoms. The number of carbonyl (C=O) groups excluding carboxylic acids is 1. The lowest BCUT2D eigenvalue weighted by atomic mass is 9.97. The van der Waals surface area contributed by atoms with Crippen LogP contribution in [0.2, 0.25) is 0 Å². The molecular formula is C20H38O5. The molecule has 0 fully saturated rings. The van der Waals surface area contributed by atoms with Crippen LogP contribution in [0.5, 0.6) is 0 Å². The SMILES string of the molecule is CCCCCCCCCCCCCCC(C)(OC(=O)C(C)O)C(=O)O. The van der Waals surface area contributed by atoms with Gasteiger partial charge in [-0.2, -0.15) is 0 Å². The number of ether oxygens (including phenoxy) is 1. The molecule has 0 aromatic rings. The lowest BCUT2D eigenvalue weighted by Crippen LogP contribution is -2.42. The van der Waals surface area contributed by atoms with Crippen molar-refractivity contribution in [2.75, 3.05) is 0 Å². The molecule has 0 saturated heterocycles. The number of hydrogen-bond donors (Lipinski definition) is 2. The molecule has 5 heteroatoms.